The van der Waals surface area contributed by atoms with Gasteiger partial charge in [0.15, 0.2) is 0 Å². The van der Waals surface area contributed by atoms with Crippen LogP contribution in [0.5, 0.6) is 5.75 Å². The molecule has 114 valence electrons. The van der Waals surface area contributed by atoms with Crippen LogP contribution in [0.1, 0.15) is 30.5 Å². The summed E-state index contributed by atoms with van der Waals surface area (Å²) in [5.74, 6) is -0.533. The smallest absolute Gasteiger partial charge is 0.419 e. The summed E-state index contributed by atoms with van der Waals surface area (Å²) < 4.78 is 80.3. The molecule has 0 radical (unpaired) electrons. The number of hydrogen-bond acceptors (Lipinski definition) is 2. The highest BCUT2D eigenvalue weighted by atomic mass is 19.4. The molecular weight excluding hydrogens is 288 g/mol. The molecule has 1 aliphatic heterocycles. The van der Waals surface area contributed by atoms with Gasteiger partial charge < -0.3 is 4.74 Å². The van der Waals surface area contributed by atoms with Gasteiger partial charge in [-0.15, -0.1) is 0 Å². The van der Waals surface area contributed by atoms with E-state index in [-0.39, 0.29) is 24.9 Å². The number of halogens is 6. The van der Waals surface area contributed by atoms with Crippen LogP contribution in [0.2, 0.25) is 0 Å². The molecule has 1 aliphatic rings. The first-order valence-electron chi connectivity index (χ1n) is 5.84. The van der Waals surface area contributed by atoms with Gasteiger partial charge in [0.2, 0.25) is 0 Å². The standard InChI is InChI=1S/C10H7F6NO.C2H6/c11-9(12,13)6-1-5-3-17-4-18-8(5)7(2-6)10(14,15)16;1-2/h1-2,17H,3-4H2;1-2H3. The highest BCUT2D eigenvalue weighted by molar-refractivity contribution is 5.47. The van der Waals surface area contributed by atoms with Gasteiger partial charge in [0.25, 0.3) is 0 Å². The van der Waals surface area contributed by atoms with Gasteiger partial charge in [-0.3, -0.25) is 5.32 Å². The molecule has 0 saturated heterocycles. The maximum absolute atomic E-state index is 12.7. The largest absolute Gasteiger partial charge is 0.477 e. The number of benzene rings is 1. The minimum absolute atomic E-state index is 0.0736. The molecule has 8 heteroatoms. The lowest BCUT2D eigenvalue weighted by molar-refractivity contribution is -0.144. The third-order valence-corrected chi connectivity index (χ3v) is 2.43. The molecule has 0 atom stereocenters. The van der Waals surface area contributed by atoms with Gasteiger partial charge in [-0.05, 0) is 12.1 Å². The highest BCUT2D eigenvalue weighted by Gasteiger charge is 2.40. The molecule has 1 aromatic rings. The molecule has 0 aromatic heterocycles. The van der Waals surface area contributed by atoms with E-state index >= 15 is 0 Å². The Morgan fingerprint density at radius 1 is 1.00 bits per heavy atom. The van der Waals surface area contributed by atoms with Crippen molar-refractivity contribution in [3.05, 3.63) is 28.8 Å². The minimum Gasteiger partial charge on any atom is -0.477 e. The van der Waals surface area contributed by atoms with E-state index in [1.54, 1.807) is 0 Å². The number of fused-ring (bicyclic) bond motifs is 1. The monoisotopic (exact) mass is 301 g/mol. The summed E-state index contributed by atoms with van der Waals surface area (Å²) in [6.45, 7) is 3.74. The fraction of sp³-hybridized carbons (Fsp3) is 0.500. The number of alkyl halides is 6. The molecular formula is C12H13F6NO. The summed E-state index contributed by atoms with van der Waals surface area (Å²) in [7, 11) is 0. The fourth-order valence-electron chi connectivity index (χ4n) is 1.67. The SMILES string of the molecule is CC.FC(F)(F)c1cc2c(c(C(F)(F)F)c1)OCNC2. The maximum Gasteiger partial charge on any atom is 0.419 e. The second kappa shape index (κ2) is 5.90. The normalized spacial score (nSPS) is 14.8. The Hall–Kier alpha value is -1.44. The molecule has 2 nitrogen and oxygen atoms in total. The highest BCUT2D eigenvalue weighted by Crippen LogP contribution is 2.43. The van der Waals surface area contributed by atoms with Crippen molar-refractivity contribution in [2.45, 2.75) is 32.7 Å². The topological polar surface area (TPSA) is 21.3 Å². The van der Waals surface area contributed by atoms with Crippen LogP contribution in [0, 0.1) is 0 Å². The lowest BCUT2D eigenvalue weighted by Crippen LogP contribution is -2.28. The van der Waals surface area contributed by atoms with Crippen molar-refractivity contribution in [2.75, 3.05) is 6.73 Å². The van der Waals surface area contributed by atoms with Crippen molar-refractivity contribution in [1.82, 2.24) is 5.32 Å². The number of rotatable bonds is 0. The Balaban J connectivity index is 0.000000956. The summed E-state index contributed by atoms with van der Waals surface area (Å²) in [6, 6.07) is 0.737. The molecule has 0 fully saturated rings. The van der Waals surface area contributed by atoms with Crippen molar-refractivity contribution < 1.29 is 31.1 Å². The number of nitrogens with one attached hydrogen (secondary N) is 1. The van der Waals surface area contributed by atoms with E-state index in [4.69, 9.17) is 4.74 Å². The Kier molecular flexibility index (Phi) is 4.90. The van der Waals surface area contributed by atoms with Crippen LogP contribution in [0.3, 0.4) is 0 Å². The van der Waals surface area contributed by atoms with Gasteiger partial charge in [0.05, 0.1) is 11.1 Å². The third kappa shape index (κ3) is 3.56. The number of ether oxygens (including phenoxy) is 1. The third-order valence-electron chi connectivity index (χ3n) is 2.43. The van der Waals surface area contributed by atoms with E-state index in [2.05, 4.69) is 5.32 Å². The van der Waals surface area contributed by atoms with Crippen molar-refractivity contribution in [3.63, 3.8) is 0 Å². The molecule has 0 saturated carbocycles. The molecule has 0 unspecified atom stereocenters. The summed E-state index contributed by atoms with van der Waals surface area (Å²) >= 11 is 0. The zero-order valence-corrected chi connectivity index (χ0v) is 10.7. The Morgan fingerprint density at radius 2 is 1.60 bits per heavy atom. The minimum atomic E-state index is -4.89. The van der Waals surface area contributed by atoms with Gasteiger partial charge in [-0.2, -0.15) is 26.3 Å². The molecule has 0 amide bonds. The second-order valence-corrected chi connectivity index (χ2v) is 3.72. The lowest BCUT2D eigenvalue weighted by atomic mass is 10.0. The molecule has 2 rings (SSSR count). The maximum atomic E-state index is 12.7. The lowest BCUT2D eigenvalue weighted by Gasteiger charge is -2.24. The Bertz CT molecular complexity index is 466. The molecule has 0 spiro atoms. The van der Waals surface area contributed by atoms with Crippen molar-refractivity contribution in [2.24, 2.45) is 0 Å². The Labute approximate surface area is 111 Å². The second-order valence-electron chi connectivity index (χ2n) is 3.72. The van der Waals surface area contributed by atoms with Crippen LogP contribution >= 0.6 is 0 Å². The fourth-order valence-corrected chi connectivity index (χ4v) is 1.67. The predicted molar refractivity (Wildman–Crippen MR) is 60.1 cm³/mol. The van der Waals surface area contributed by atoms with Crippen LogP contribution in [0.4, 0.5) is 26.3 Å². The first-order valence-corrected chi connectivity index (χ1v) is 5.84. The van der Waals surface area contributed by atoms with E-state index in [0.29, 0.717) is 6.07 Å². The molecule has 1 heterocycles. The van der Waals surface area contributed by atoms with Crippen molar-refractivity contribution >= 4 is 0 Å². The predicted octanol–water partition coefficient (Wildman–Crippen LogP) is 4.19. The van der Waals surface area contributed by atoms with Gasteiger partial charge in [-0.25, -0.2) is 0 Å². The quantitative estimate of drug-likeness (QED) is 0.726. The van der Waals surface area contributed by atoms with E-state index in [1.807, 2.05) is 13.8 Å². The van der Waals surface area contributed by atoms with Gasteiger partial charge >= 0.3 is 12.4 Å². The van der Waals surface area contributed by atoms with Crippen LogP contribution in [0.25, 0.3) is 0 Å². The molecule has 1 aromatic carbocycles. The first kappa shape index (κ1) is 16.6. The zero-order valence-electron chi connectivity index (χ0n) is 10.7. The first-order chi connectivity index (χ1) is 9.19. The van der Waals surface area contributed by atoms with Crippen molar-refractivity contribution in [3.8, 4) is 5.75 Å². The van der Waals surface area contributed by atoms with Crippen LogP contribution in [-0.4, -0.2) is 6.73 Å². The summed E-state index contributed by atoms with van der Waals surface area (Å²) in [5.41, 5.74) is -2.88. The van der Waals surface area contributed by atoms with E-state index in [0.717, 1.165) is 0 Å². The molecule has 1 N–H and O–H groups in total. The average Bonchev–Trinajstić information content (AvgIpc) is 2.37. The average molecular weight is 301 g/mol. The van der Waals surface area contributed by atoms with Gasteiger partial charge in [0.1, 0.15) is 12.5 Å². The zero-order chi connectivity index (χ0) is 15.6. The van der Waals surface area contributed by atoms with Crippen LogP contribution < -0.4 is 10.1 Å². The van der Waals surface area contributed by atoms with E-state index in [9.17, 15) is 26.3 Å². The summed E-state index contributed by atoms with van der Waals surface area (Å²) in [6.07, 6.45) is -9.71. The molecule has 0 aliphatic carbocycles. The molecule has 20 heavy (non-hydrogen) atoms. The van der Waals surface area contributed by atoms with E-state index < -0.39 is 29.2 Å². The van der Waals surface area contributed by atoms with Crippen LogP contribution in [-0.2, 0) is 18.9 Å². The summed E-state index contributed by atoms with van der Waals surface area (Å²) in [4.78, 5) is 0. The van der Waals surface area contributed by atoms with Gasteiger partial charge in [-0.1, -0.05) is 13.8 Å². The van der Waals surface area contributed by atoms with Gasteiger partial charge in [0, 0.05) is 12.1 Å². The molecule has 0 bridgehead atoms. The van der Waals surface area contributed by atoms with E-state index in [1.165, 1.54) is 0 Å². The number of hydrogen-bond donors (Lipinski definition) is 1. The van der Waals surface area contributed by atoms with Crippen molar-refractivity contribution in [1.29, 1.82) is 0 Å². The van der Waals surface area contributed by atoms with Crippen LogP contribution in [0.15, 0.2) is 12.1 Å². The summed E-state index contributed by atoms with van der Waals surface area (Å²) in [5, 5.41) is 2.54. The Morgan fingerprint density at radius 3 is 2.10 bits per heavy atom.